The molecule has 31 nitrogen and oxygen atoms in total. The van der Waals surface area contributed by atoms with Crippen molar-refractivity contribution in [3.63, 3.8) is 0 Å². The van der Waals surface area contributed by atoms with Crippen molar-refractivity contribution < 1.29 is 141 Å². The van der Waals surface area contributed by atoms with E-state index in [4.69, 9.17) is 49.7 Å². The molecule has 5 unspecified atom stereocenters. The molecule has 0 heterocycles. The van der Waals surface area contributed by atoms with E-state index in [1.807, 2.05) is 0 Å². The third-order valence-electron chi connectivity index (χ3n) is 12.5. The monoisotopic (exact) mass is 1630 g/mol. The zero-order chi connectivity index (χ0) is 59.3. The first-order chi connectivity index (χ1) is 34.3. The Morgan fingerprint density at radius 1 is 0.360 bits per heavy atom. The average molecular weight is 1630 g/mol. The van der Waals surface area contributed by atoms with Gasteiger partial charge in [-0.25, -0.2) is 0 Å². The summed E-state index contributed by atoms with van der Waals surface area (Å²) in [7, 11) is -93.5. The molecule has 0 saturated carbocycles. The molecule has 0 aliphatic rings. The fourth-order valence-corrected chi connectivity index (χ4v) is 612. The summed E-state index contributed by atoms with van der Waals surface area (Å²) in [4.78, 5) is 234. The van der Waals surface area contributed by atoms with Gasteiger partial charge in [-0.15, -0.1) is 0 Å². The highest BCUT2D eigenvalue weighted by Gasteiger charge is 3.00. The number of rotatable bonds is 42. The zero-order valence-electron chi connectivity index (χ0n) is 45.2. The highest BCUT2D eigenvalue weighted by atomic mass is 30.5. The van der Waals surface area contributed by atoms with E-state index < -0.39 is 265 Å². The number of hydrogen-bond donors (Lipinski definition) is 19. The van der Waals surface area contributed by atoms with Crippen molar-refractivity contribution in [2.75, 3.05) is 7.11 Å². The van der Waals surface area contributed by atoms with Crippen LogP contribution in [0, 0.1) is 0 Å². The summed E-state index contributed by atoms with van der Waals surface area (Å²) in [5.41, 5.74) is 0. The van der Waals surface area contributed by atoms with Gasteiger partial charge in [0.1, 0.15) is 0 Å². The van der Waals surface area contributed by atoms with E-state index in [0.717, 1.165) is 0 Å². The summed E-state index contributed by atoms with van der Waals surface area (Å²) in [6, 6.07) is 0. The van der Waals surface area contributed by atoms with Gasteiger partial charge in [0.25, 0.3) is 71.4 Å². The molecule has 0 aliphatic carbocycles. The zero-order valence-corrected chi connectivity index (χ0v) is 84.8. The Morgan fingerprint density at radius 3 is 1.00 bits per heavy atom. The van der Waals surface area contributed by atoms with Crippen molar-refractivity contribution in [1.29, 1.82) is 0 Å². The first-order valence-corrected chi connectivity index (χ1v) is 107. The van der Waals surface area contributed by atoms with Crippen LogP contribution in [-0.2, 0) is 49.7 Å². The van der Waals surface area contributed by atoms with E-state index in [1.165, 1.54) is 59.5 Å². The van der Waals surface area contributed by atoms with Crippen LogP contribution in [0.3, 0.4) is 0 Å². The van der Waals surface area contributed by atoms with E-state index >= 15 is 0 Å². The lowest BCUT2D eigenvalue weighted by molar-refractivity contribution is 0.296. The molecule has 0 saturated heterocycles. The van der Waals surface area contributed by atoms with Crippen LogP contribution >= 0.6 is 0 Å². The van der Waals surface area contributed by atoms with Gasteiger partial charge in [-0.2, -0.15) is 0 Å². The quantitative estimate of drug-likeness (QED) is 0.0252. The standard InChI is InChI=1S/C12H90O31Si32/c1-32-66(44,50-18)41-75(72(58-26,59-27)37-49-17,73(60-28,64(9,10)31)39-62(5,6)29)69(40-65(11,12)38-61(2,3)4,43-68(53-21,34-46-14)63(7,8)30)74(70(54-22,55-23)35-47-15,71(56-24,57-25)36-48-16)42-67(51-19,52-20)33-45-13/h13-31H,45-60H2,1-12,44H3. The van der Waals surface area contributed by atoms with Crippen LogP contribution in [0.5, 0.6) is 0 Å². The summed E-state index contributed by atoms with van der Waals surface area (Å²) in [6.07, 6.45) is 0. The molecule has 75 heavy (non-hydrogen) atoms. The lowest BCUT2D eigenvalue weighted by Crippen LogP contribution is -3.14. The molecule has 19 N–H and O–H groups in total. The van der Waals surface area contributed by atoms with Crippen LogP contribution in [0.4, 0.5) is 0 Å². The van der Waals surface area contributed by atoms with E-state index in [1.54, 1.807) is 19.6 Å². The van der Waals surface area contributed by atoms with Gasteiger partial charge in [-0.1, -0.05) is 0 Å². The SMILES string of the molecule is CO[Si]([SiH3])(O[Si]([Si](O[SiH2]O)([SiH2]O)[SiH2]O)([Si](O[Si](C)(C)O[Si](C)(C)C)(O[Si](O[SiH2]O)([SiH2]O)[Si](C)(C)O)[Si](O[Si](O[SiH2]O)([SiH2]O)[SiH2]O)([Si](O[SiH2]O)([SiH2]O)[SiH2]O)[Si](O[SiH2]O)([SiH2]O)[SiH2]O)[Si](O[Si](C)(C)O)([SiH2]O)[Si](C)(C)O)[SiH2]O. The molecule has 0 bridgehead atoms. The molecule has 63 heteroatoms. The second-order valence-electron chi connectivity index (χ2n) is 20.6. The van der Waals surface area contributed by atoms with Gasteiger partial charge in [-0.05, 0) is 72.0 Å². The van der Waals surface area contributed by atoms with Crippen LogP contribution in [0.25, 0.3) is 0 Å². The molecule has 0 aromatic carbocycles. The van der Waals surface area contributed by atoms with Crippen molar-refractivity contribution >= 4 is 275 Å². The van der Waals surface area contributed by atoms with Gasteiger partial charge < -0.3 is 141 Å². The summed E-state index contributed by atoms with van der Waals surface area (Å²) in [5, 5.41) is 0. The summed E-state index contributed by atoms with van der Waals surface area (Å²) < 4.78 is 85.3. The summed E-state index contributed by atoms with van der Waals surface area (Å²) in [5.74, 6) is 0. The predicted molar refractivity (Wildman–Crippen MR) is 359 cm³/mol. The molecule has 0 fully saturated rings. The van der Waals surface area contributed by atoms with E-state index in [9.17, 15) is 91.1 Å². The predicted octanol–water partition coefficient (Wildman–Crippen LogP) is -26.4. The minimum atomic E-state index is -6.84. The normalized spacial score (nSPS) is 24.4. The Morgan fingerprint density at radius 2 is 0.747 bits per heavy atom. The van der Waals surface area contributed by atoms with Crippen LogP contribution < -0.4 is 0 Å². The molecular weight excluding hydrogens is 1540 g/mol. The van der Waals surface area contributed by atoms with Gasteiger partial charge in [-0.3, -0.25) is 0 Å². The van der Waals surface area contributed by atoms with Crippen LogP contribution in [0.2, 0.25) is 72.0 Å². The highest BCUT2D eigenvalue weighted by Crippen LogP contribution is 2.54. The smallest absolute Gasteiger partial charge is 0.338 e. The van der Waals surface area contributed by atoms with Gasteiger partial charge in [0, 0.05) is 7.11 Å². The van der Waals surface area contributed by atoms with Crippen LogP contribution in [0.1, 0.15) is 0 Å². The molecule has 0 aromatic rings. The van der Waals surface area contributed by atoms with Crippen LogP contribution in [-0.4, -0.2) is 373 Å². The molecule has 0 aliphatic heterocycles. The maximum Gasteiger partial charge on any atom is 0.338 e. The first-order valence-electron chi connectivity index (χ1n) is 23.1. The van der Waals surface area contributed by atoms with Gasteiger partial charge in [0.05, 0.1) is 9.76 Å². The fraction of sp³-hybridized carbons (Fsp3) is 1.00. The van der Waals surface area contributed by atoms with E-state index in [0.29, 0.717) is 0 Å². The lowest BCUT2D eigenvalue weighted by Gasteiger charge is -2.71. The molecule has 0 rings (SSSR count). The van der Waals surface area contributed by atoms with Crippen molar-refractivity contribution in [3.05, 3.63) is 0 Å². The highest BCUT2D eigenvalue weighted by molar-refractivity contribution is 8.24. The third-order valence-corrected chi connectivity index (χ3v) is 350. The summed E-state index contributed by atoms with van der Waals surface area (Å²) in [6.45, 7) is -19.1. The second kappa shape index (κ2) is 32.3. The Kier molecular flexibility index (Phi) is 34.7. The van der Waals surface area contributed by atoms with Crippen molar-refractivity contribution in [3.8, 4) is 0 Å². The Balaban J connectivity index is 13.3. The summed E-state index contributed by atoms with van der Waals surface area (Å²) >= 11 is 0. The minimum absolute atomic E-state index is 0.303. The molecule has 452 valence electrons. The van der Waals surface area contributed by atoms with Crippen LogP contribution in [0.15, 0.2) is 0 Å². The van der Waals surface area contributed by atoms with Crippen molar-refractivity contribution in [2.24, 2.45) is 0 Å². The van der Waals surface area contributed by atoms with E-state index in [-0.39, 0.29) is 9.76 Å². The second-order valence-corrected chi connectivity index (χ2v) is 208. The fourth-order valence-electron chi connectivity index (χ4n) is 9.30. The van der Waals surface area contributed by atoms with Crippen molar-refractivity contribution in [1.82, 2.24) is 0 Å². The largest absolute Gasteiger partial charge is 0.441 e. The lowest BCUT2D eigenvalue weighted by atomic mass is 11.8. The Labute approximate surface area is 489 Å². The average Bonchev–Trinajstić information content (AvgIpc) is 3.31. The molecule has 0 aromatic heterocycles. The third kappa shape index (κ3) is 16.7. The van der Waals surface area contributed by atoms with Gasteiger partial charge >= 0.3 is 39.9 Å². The molecule has 0 spiro atoms. The molecule has 0 amide bonds. The van der Waals surface area contributed by atoms with Gasteiger partial charge in [0.15, 0.2) is 81.1 Å². The van der Waals surface area contributed by atoms with E-state index in [2.05, 4.69) is 0 Å². The first kappa shape index (κ1) is 80.7. The maximum absolute atomic E-state index is 13.8. The maximum atomic E-state index is 13.8. The molecular formula is C12H90O31Si32. The Bertz CT molecular complexity index is 1640. The molecule has 5 atom stereocenters. The molecule has 0 radical (unpaired) electrons. The minimum Gasteiger partial charge on any atom is -0.441 e. The van der Waals surface area contributed by atoms with Crippen molar-refractivity contribution in [2.45, 2.75) is 72.0 Å². The number of hydrogen-bond acceptors (Lipinski definition) is 31. The Hall–Kier alpha value is 5.70. The topological polar surface area (TPSA) is 495 Å². The van der Waals surface area contributed by atoms with Gasteiger partial charge in [0.2, 0.25) is 72.4 Å².